The van der Waals surface area contributed by atoms with Crippen LogP contribution >= 0.6 is 0 Å². The van der Waals surface area contributed by atoms with E-state index in [1.165, 1.54) is 11.1 Å². The quantitative estimate of drug-likeness (QED) is 0.832. The van der Waals surface area contributed by atoms with Gasteiger partial charge in [0.05, 0.1) is 0 Å². The van der Waals surface area contributed by atoms with Crippen LogP contribution in [0.1, 0.15) is 71.6 Å². The van der Waals surface area contributed by atoms with E-state index in [4.69, 9.17) is 0 Å². The Morgan fingerprint density at radius 2 is 1.70 bits per heavy atom. The molecule has 1 aliphatic rings. The highest BCUT2D eigenvalue weighted by Crippen LogP contribution is 2.25. The lowest BCUT2D eigenvalue weighted by atomic mass is 9.85. The number of quaternary nitrogens is 1. The van der Waals surface area contributed by atoms with Crippen LogP contribution in [0.25, 0.3) is 0 Å². The molecule has 0 aromatic heterocycles. The normalized spacial score (nSPS) is 17.9. The van der Waals surface area contributed by atoms with Crippen molar-refractivity contribution in [3.8, 4) is 0 Å². The molecule has 1 fully saturated rings. The van der Waals surface area contributed by atoms with Gasteiger partial charge in [-0.15, -0.1) is 0 Å². The third-order valence-electron chi connectivity index (χ3n) is 4.71. The molecule has 0 unspecified atom stereocenters. The Labute approximate surface area is 141 Å². The molecule has 1 aromatic rings. The lowest BCUT2D eigenvalue weighted by Crippen LogP contribution is -2.93. The molecule has 3 N–H and O–H groups in total. The van der Waals surface area contributed by atoms with Gasteiger partial charge in [0, 0.05) is 17.5 Å². The van der Waals surface area contributed by atoms with Crippen molar-refractivity contribution in [3.63, 3.8) is 0 Å². The fourth-order valence-corrected chi connectivity index (χ4v) is 2.88. The summed E-state index contributed by atoms with van der Waals surface area (Å²) in [5, 5.41) is 5.32. The van der Waals surface area contributed by atoms with Crippen molar-refractivity contribution in [2.45, 2.75) is 77.9 Å². The van der Waals surface area contributed by atoms with Crippen molar-refractivity contribution in [2.75, 3.05) is 0 Å². The maximum absolute atomic E-state index is 12.2. The Kier molecular flexibility index (Phi) is 5.51. The summed E-state index contributed by atoms with van der Waals surface area (Å²) < 4.78 is 0. The monoisotopic (exact) mass is 317 g/mol. The van der Waals surface area contributed by atoms with Crippen LogP contribution < -0.4 is 10.6 Å². The predicted molar refractivity (Wildman–Crippen MR) is 95.3 cm³/mol. The van der Waals surface area contributed by atoms with Gasteiger partial charge in [0.25, 0.3) is 5.91 Å². The molecule has 0 spiro atoms. The van der Waals surface area contributed by atoms with Crippen LogP contribution in [0.3, 0.4) is 0 Å². The summed E-state index contributed by atoms with van der Waals surface area (Å²) in [7, 11) is 0. The molecule has 2 rings (SSSR count). The van der Waals surface area contributed by atoms with Gasteiger partial charge in [-0.25, -0.2) is 0 Å². The van der Waals surface area contributed by atoms with Gasteiger partial charge in [-0.1, -0.05) is 58.9 Å². The van der Waals surface area contributed by atoms with Gasteiger partial charge in [0.1, 0.15) is 6.04 Å². The molecule has 0 heterocycles. The smallest absolute Gasteiger partial charge is 0.278 e. The first-order chi connectivity index (χ1) is 10.7. The zero-order valence-electron chi connectivity index (χ0n) is 15.5. The number of amides is 1. The molecule has 1 aliphatic carbocycles. The fourth-order valence-electron chi connectivity index (χ4n) is 2.88. The zero-order chi connectivity index (χ0) is 17.2. The molecule has 1 aromatic carbocycles. The summed E-state index contributed by atoms with van der Waals surface area (Å²) >= 11 is 0. The highest BCUT2D eigenvalue weighted by Gasteiger charge is 2.30. The van der Waals surface area contributed by atoms with Crippen molar-refractivity contribution < 1.29 is 10.1 Å². The van der Waals surface area contributed by atoms with Crippen molar-refractivity contribution in [1.82, 2.24) is 5.32 Å². The number of nitrogens with two attached hydrogens (primary N) is 1. The Morgan fingerprint density at radius 1 is 1.13 bits per heavy atom. The molecule has 3 heteroatoms. The number of carbonyl (C=O) groups is 1. The first-order valence-corrected chi connectivity index (χ1v) is 8.94. The summed E-state index contributed by atoms with van der Waals surface area (Å²) in [6.07, 6.45) is 2.28. The number of hydrogen-bond donors (Lipinski definition) is 2. The number of rotatable bonds is 6. The summed E-state index contributed by atoms with van der Waals surface area (Å²) in [5.74, 6) is 0.649. The second kappa shape index (κ2) is 7.04. The minimum Gasteiger partial charge on any atom is -0.348 e. The minimum absolute atomic E-state index is 0.0507. The summed E-state index contributed by atoms with van der Waals surface area (Å²) in [6, 6.07) is 9.61. The largest absolute Gasteiger partial charge is 0.348 e. The van der Waals surface area contributed by atoms with Crippen LogP contribution in [0.2, 0.25) is 0 Å². The molecule has 0 radical (unpaired) electrons. The van der Waals surface area contributed by atoms with Crippen LogP contribution in [0.15, 0.2) is 24.3 Å². The van der Waals surface area contributed by atoms with Gasteiger partial charge in [0.15, 0.2) is 6.04 Å². The highest BCUT2D eigenvalue weighted by atomic mass is 16.2. The van der Waals surface area contributed by atoms with E-state index < -0.39 is 0 Å². The van der Waals surface area contributed by atoms with Gasteiger partial charge in [-0.2, -0.15) is 0 Å². The van der Waals surface area contributed by atoms with Gasteiger partial charge in [-0.3, -0.25) is 4.79 Å². The molecular formula is C20H33N2O+. The Morgan fingerprint density at radius 3 is 2.13 bits per heavy atom. The molecule has 1 saturated carbocycles. The molecule has 0 saturated heterocycles. The highest BCUT2D eigenvalue weighted by molar-refractivity contribution is 5.80. The second-order valence-corrected chi connectivity index (χ2v) is 8.41. The Hall–Kier alpha value is -1.35. The zero-order valence-corrected chi connectivity index (χ0v) is 15.5. The Bertz CT molecular complexity index is 524. The fraction of sp³-hybridized carbons (Fsp3) is 0.650. The van der Waals surface area contributed by atoms with E-state index in [0.29, 0.717) is 18.0 Å². The topological polar surface area (TPSA) is 45.7 Å². The lowest BCUT2D eigenvalue weighted by molar-refractivity contribution is -0.719. The lowest BCUT2D eigenvalue weighted by Gasteiger charge is -2.25. The predicted octanol–water partition coefficient (Wildman–Crippen LogP) is 2.91. The minimum atomic E-state index is -0.0507. The van der Waals surface area contributed by atoms with E-state index in [1.807, 2.05) is 6.92 Å². The maximum Gasteiger partial charge on any atom is 0.278 e. The van der Waals surface area contributed by atoms with Crippen LogP contribution in [0, 0.1) is 5.92 Å². The number of benzene rings is 1. The molecular weight excluding hydrogens is 284 g/mol. The number of hydrogen-bond acceptors (Lipinski definition) is 1. The van der Waals surface area contributed by atoms with Crippen molar-refractivity contribution in [3.05, 3.63) is 35.4 Å². The van der Waals surface area contributed by atoms with Gasteiger partial charge >= 0.3 is 0 Å². The van der Waals surface area contributed by atoms with Gasteiger partial charge in [-0.05, 0) is 30.7 Å². The third-order valence-corrected chi connectivity index (χ3v) is 4.71. The van der Waals surface area contributed by atoms with Crippen LogP contribution in [0.4, 0.5) is 0 Å². The van der Waals surface area contributed by atoms with E-state index in [2.05, 4.69) is 69.5 Å². The third kappa shape index (κ3) is 5.07. The van der Waals surface area contributed by atoms with E-state index >= 15 is 0 Å². The summed E-state index contributed by atoms with van der Waals surface area (Å²) in [6.45, 7) is 13.2. The first kappa shape index (κ1) is 18.0. The molecule has 3 nitrogen and oxygen atoms in total. The molecule has 0 bridgehead atoms. The SMILES string of the molecule is CC(C)[C@H]([NH2+][C@H](C)C(=O)NC1CC1)c1ccc(C(C)(C)C)cc1. The maximum atomic E-state index is 12.2. The first-order valence-electron chi connectivity index (χ1n) is 8.94. The average Bonchev–Trinajstić information content (AvgIpc) is 3.27. The summed E-state index contributed by atoms with van der Waals surface area (Å²) in [4.78, 5) is 12.2. The molecule has 0 aliphatic heterocycles. The standard InChI is InChI=1S/C20H32N2O/c1-13(2)18(21-14(3)19(23)22-17-11-12-17)15-7-9-16(10-8-15)20(4,5)6/h7-10,13-14,17-18,21H,11-12H2,1-6H3,(H,22,23)/p+1/t14-,18+/m1/s1. The van der Waals surface area contributed by atoms with Crippen molar-refractivity contribution >= 4 is 5.91 Å². The number of carbonyl (C=O) groups excluding carboxylic acids is 1. The van der Waals surface area contributed by atoms with Crippen LogP contribution in [-0.4, -0.2) is 18.0 Å². The van der Waals surface area contributed by atoms with Crippen molar-refractivity contribution in [1.29, 1.82) is 0 Å². The van der Waals surface area contributed by atoms with Crippen molar-refractivity contribution in [2.24, 2.45) is 5.92 Å². The van der Waals surface area contributed by atoms with E-state index in [-0.39, 0.29) is 17.4 Å². The van der Waals surface area contributed by atoms with Gasteiger partial charge in [0.2, 0.25) is 0 Å². The Balaban J connectivity index is 2.06. The number of nitrogens with one attached hydrogen (secondary N) is 1. The van der Waals surface area contributed by atoms with E-state index in [1.54, 1.807) is 0 Å². The van der Waals surface area contributed by atoms with Crippen LogP contribution in [0.5, 0.6) is 0 Å². The molecule has 23 heavy (non-hydrogen) atoms. The second-order valence-electron chi connectivity index (χ2n) is 8.41. The molecule has 1 amide bonds. The van der Waals surface area contributed by atoms with E-state index in [9.17, 15) is 4.79 Å². The van der Waals surface area contributed by atoms with Crippen LogP contribution in [-0.2, 0) is 10.2 Å². The van der Waals surface area contributed by atoms with E-state index in [0.717, 1.165) is 12.8 Å². The van der Waals surface area contributed by atoms with Gasteiger partial charge < -0.3 is 10.6 Å². The summed E-state index contributed by atoms with van der Waals surface area (Å²) in [5.41, 5.74) is 2.83. The molecule has 128 valence electrons. The molecule has 2 atom stereocenters. The average molecular weight is 317 g/mol.